The number of carbonyl (C=O) groups excluding carboxylic acids is 1. The van der Waals surface area contributed by atoms with Gasteiger partial charge in [-0.3, -0.25) is 4.79 Å². The van der Waals surface area contributed by atoms with E-state index in [1.807, 2.05) is 44.3 Å². The van der Waals surface area contributed by atoms with E-state index >= 15 is 0 Å². The molecule has 0 unspecified atom stereocenters. The molecule has 3 rings (SSSR count). The van der Waals surface area contributed by atoms with Gasteiger partial charge in [0, 0.05) is 22.8 Å². The molecule has 1 aromatic carbocycles. The number of pyridine rings is 1. The maximum Gasteiger partial charge on any atom is 0.178 e. The summed E-state index contributed by atoms with van der Waals surface area (Å²) in [7, 11) is -3.39. The highest BCUT2D eigenvalue weighted by Gasteiger charge is 2.21. The number of carbonyl (C=O) groups is 1. The van der Waals surface area contributed by atoms with Crippen LogP contribution in [0.1, 0.15) is 28.5 Å². The molecular formula is C19H19NO3S. The summed E-state index contributed by atoms with van der Waals surface area (Å²) in [5, 5.41) is 0. The van der Waals surface area contributed by atoms with Crippen molar-refractivity contribution in [3.05, 3.63) is 59.4 Å². The molecule has 0 amide bonds. The van der Waals surface area contributed by atoms with E-state index in [9.17, 15) is 13.2 Å². The van der Waals surface area contributed by atoms with Gasteiger partial charge in [-0.2, -0.15) is 0 Å². The summed E-state index contributed by atoms with van der Waals surface area (Å²) in [6.45, 7) is 5.51. The van der Waals surface area contributed by atoms with Gasteiger partial charge in [0.2, 0.25) is 0 Å². The van der Waals surface area contributed by atoms with Crippen molar-refractivity contribution in [3.8, 4) is 11.1 Å². The molecular weight excluding hydrogens is 322 g/mol. The van der Waals surface area contributed by atoms with Gasteiger partial charge in [-0.05, 0) is 43.7 Å². The Morgan fingerprint density at radius 2 is 1.71 bits per heavy atom. The smallest absolute Gasteiger partial charge is 0.178 e. The van der Waals surface area contributed by atoms with Crippen LogP contribution < -0.4 is 0 Å². The van der Waals surface area contributed by atoms with Crippen LogP contribution in [0.15, 0.2) is 47.5 Å². The van der Waals surface area contributed by atoms with E-state index in [0.29, 0.717) is 16.8 Å². The Bertz CT molecular complexity index is 1050. The van der Waals surface area contributed by atoms with Crippen molar-refractivity contribution in [2.45, 2.75) is 25.7 Å². The first-order valence-corrected chi connectivity index (χ1v) is 9.43. The van der Waals surface area contributed by atoms with Crippen molar-refractivity contribution in [3.63, 3.8) is 0 Å². The van der Waals surface area contributed by atoms with E-state index < -0.39 is 9.84 Å². The number of aromatic nitrogens is 1. The van der Waals surface area contributed by atoms with E-state index in [4.69, 9.17) is 0 Å². The Morgan fingerprint density at radius 3 is 2.38 bits per heavy atom. The second kappa shape index (κ2) is 5.91. The lowest BCUT2D eigenvalue weighted by atomic mass is 10.0. The van der Waals surface area contributed by atoms with E-state index in [-0.39, 0.29) is 10.6 Å². The third-order valence-electron chi connectivity index (χ3n) is 4.22. The standard InChI is InChI=1S/C19H19NO3S/c1-4-24(22,23)19-6-5-13(2)10-17(19)16-11-15-9-14(3)7-8-20(15)18(16)12-21/h5-12H,4H2,1-3H3. The minimum absolute atomic E-state index is 0.0198. The molecule has 0 N–H and O–H groups in total. The zero-order valence-electron chi connectivity index (χ0n) is 13.9. The molecule has 0 saturated heterocycles. The van der Waals surface area contributed by atoms with Crippen LogP contribution in [-0.2, 0) is 9.84 Å². The van der Waals surface area contributed by atoms with Crippen LogP contribution in [0, 0.1) is 13.8 Å². The maximum atomic E-state index is 12.5. The molecule has 0 saturated carbocycles. The number of aldehydes is 1. The van der Waals surface area contributed by atoms with Crippen LogP contribution in [0.3, 0.4) is 0 Å². The van der Waals surface area contributed by atoms with Crippen LogP contribution in [0.5, 0.6) is 0 Å². The third kappa shape index (κ3) is 2.65. The lowest BCUT2D eigenvalue weighted by Gasteiger charge is -2.10. The topological polar surface area (TPSA) is 55.6 Å². The predicted molar refractivity (Wildman–Crippen MR) is 95.4 cm³/mol. The fourth-order valence-electron chi connectivity index (χ4n) is 2.93. The second-order valence-electron chi connectivity index (χ2n) is 5.96. The number of hydrogen-bond donors (Lipinski definition) is 0. The summed E-state index contributed by atoms with van der Waals surface area (Å²) in [4.78, 5) is 12.0. The Hall–Kier alpha value is -2.40. The molecule has 0 fully saturated rings. The summed E-state index contributed by atoms with van der Waals surface area (Å²) >= 11 is 0. The van der Waals surface area contributed by atoms with Crippen molar-refractivity contribution >= 4 is 21.6 Å². The molecule has 0 radical (unpaired) electrons. The number of sulfone groups is 1. The van der Waals surface area contributed by atoms with Crippen molar-refractivity contribution in [2.24, 2.45) is 0 Å². The Labute approximate surface area is 141 Å². The first kappa shape index (κ1) is 16.5. The highest BCUT2D eigenvalue weighted by atomic mass is 32.2. The average Bonchev–Trinajstić information content (AvgIpc) is 2.91. The average molecular weight is 341 g/mol. The van der Waals surface area contributed by atoms with Crippen LogP contribution >= 0.6 is 0 Å². The molecule has 0 bridgehead atoms. The summed E-state index contributed by atoms with van der Waals surface area (Å²) in [5.41, 5.74) is 4.58. The van der Waals surface area contributed by atoms with Gasteiger partial charge in [-0.25, -0.2) is 8.42 Å². The van der Waals surface area contributed by atoms with Crippen LogP contribution in [0.25, 0.3) is 16.6 Å². The number of hydrogen-bond acceptors (Lipinski definition) is 3. The molecule has 0 aliphatic carbocycles. The monoisotopic (exact) mass is 341 g/mol. The van der Waals surface area contributed by atoms with Gasteiger partial charge in [0.1, 0.15) is 0 Å². The van der Waals surface area contributed by atoms with Gasteiger partial charge >= 0.3 is 0 Å². The van der Waals surface area contributed by atoms with E-state index in [1.165, 1.54) is 0 Å². The van der Waals surface area contributed by atoms with Crippen molar-refractivity contribution in [2.75, 3.05) is 5.75 Å². The zero-order valence-corrected chi connectivity index (χ0v) is 14.7. The predicted octanol–water partition coefficient (Wildman–Crippen LogP) is 3.83. The minimum atomic E-state index is -3.39. The van der Waals surface area contributed by atoms with Crippen LogP contribution in [-0.4, -0.2) is 24.9 Å². The number of aryl methyl sites for hydroxylation is 2. The fourth-order valence-corrected chi connectivity index (χ4v) is 4.02. The highest BCUT2D eigenvalue weighted by molar-refractivity contribution is 7.91. The molecule has 3 aromatic rings. The molecule has 2 aromatic heterocycles. The first-order valence-electron chi connectivity index (χ1n) is 7.78. The summed E-state index contributed by atoms with van der Waals surface area (Å²) in [5.74, 6) is 0.0198. The highest BCUT2D eigenvalue weighted by Crippen LogP contribution is 2.33. The van der Waals surface area contributed by atoms with E-state index in [2.05, 4.69) is 0 Å². The Kier molecular flexibility index (Phi) is 4.05. The van der Waals surface area contributed by atoms with Crippen LogP contribution in [0.2, 0.25) is 0 Å². The zero-order chi connectivity index (χ0) is 17.5. The Morgan fingerprint density at radius 1 is 1.00 bits per heavy atom. The van der Waals surface area contributed by atoms with Crippen molar-refractivity contribution in [1.82, 2.24) is 4.40 Å². The molecule has 124 valence electrons. The van der Waals surface area contributed by atoms with Crippen molar-refractivity contribution in [1.29, 1.82) is 0 Å². The molecule has 0 atom stereocenters. The first-order chi connectivity index (χ1) is 11.4. The van der Waals surface area contributed by atoms with Crippen molar-refractivity contribution < 1.29 is 13.2 Å². The van der Waals surface area contributed by atoms with E-state index in [1.54, 1.807) is 23.5 Å². The van der Waals surface area contributed by atoms with Gasteiger partial charge < -0.3 is 4.40 Å². The molecule has 0 aliphatic heterocycles. The molecule has 2 heterocycles. The number of rotatable bonds is 4. The maximum absolute atomic E-state index is 12.5. The molecule has 4 nitrogen and oxygen atoms in total. The van der Waals surface area contributed by atoms with Gasteiger partial charge in [0.25, 0.3) is 0 Å². The van der Waals surface area contributed by atoms with E-state index in [0.717, 1.165) is 22.9 Å². The number of benzene rings is 1. The molecule has 0 spiro atoms. The van der Waals surface area contributed by atoms with Crippen LogP contribution in [0.4, 0.5) is 0 Å². The largest absolute Gasteiger partial charge is 0.314 e. The number of nitrogens with zero attached hydrogens (tertiary/aromatic N) is 1. The lowest BCUT2D eigenvalue weighted by Crippen LogP contribution is -2.06. The third-order valence-corrected chi connectivity index (χ3v) is 6.01. The molecule has 24 heavy (non-hydrogen) atoms. The quantitative estimate of drug-likeness (QED) is 0.678. The van der Waals surface area contributed by atoms with Gasteiger partial charge in [0.15, 0.2) is 16.1 Å². The SMILES string of the molecule is CCS(=O)(=O)c1ccc(C)cc1-c1cc2cc(C)ccn2c1C=O. The number of fused-ring (bicyclic) bond motifs is 1. The molecule has 0 aliphatic rings. The lowest BCUT2D eigenvalue weighted by molar-refractivity contribution is 0.111. The summed E-state index contributed by atoms with van der Waals surface area (Å²) in [6.07, 6.45) is 2.62. The van der Waals surface area contributed by atoms with Gasteiger partial charge in [-0.1, -0.05) is 24.6 Å². The minimum Gasteiger partial charge on any atom is -0.314 e. The fraction of sp³-hybridized carbons (Fsp3) is 0.211. The van der Waals surface area contributed by atoms with Gasteiger partial charge in [0.05, 0.1) is 16.3 Å². The summed E-state index contributed by atoms with van der Waals surface area (Å²) < 4.78 is 26.8. The van der Waals surface area contributed by atoms with Gasteiger partial charge in [-0.15, -0.1) is 0 Å². The Balaban J connectivity index is 2.40. The second-order valence-corrected chi connectivity index (χ2v) is 8.21. The normalized spacial score (nSPS) is 11.8. The summed E-state index contributed by atoms with van der Waals surface area (Å²) in [6, 6.07) is 11.0. The molecule has 5 heteroatoms.